The smallest absolute Gasteiger partial charge is 0.194 e. The molecule has 0 bridgehead atoms. The number of phenols is 1. The highest BCUT2D eigenvalue weighted by atomic mass is 16.5. The van der Waals surface area contributed by atoms with Gasteiger partial charge in [0.25, 0.3) is 0 Å². The molecule has 7 nitrogen and oxygen atoms in total. The lowest BCUT2D eigenvalue weighted by atomic mass is 10.2. The molecule has 0 saturated carbocycles. The summed E-state index contributed by atoms with van der Waals surface area (Å²) in [5.41, 5.74) is 2.07. The molecule has 2 aromatic carbocycles. The first-order chi connectivity index (χ1) is 14.2. The summed E-state index contributed by atoms with van der Waals surface area (Å²) in [6.07, 6.45) is 0. The van der Waals surface area contributed by atoms with E-state index in [1.807, 2.05) is 24.3 Å². The number of guanidine groups is 1. The van der Waals surface area contributed by atoms with E-state index in [1.165, 1.54) is 0 Å². The molecular weight excluding hydrogens is 368 g/mol. The molecule has 0 atom stereocenters. The fraction of sp³-hybridized carbons (Fsp3) is 0.409. The largest absolute Gasteiger partial charge is 0.504 e. The highest BCUT2D eigenvalue weighted by Gasteiger charge is 2.21. The van der Waals surface area contributed by atoms with Gasteiger partial charge in [0.2, 0.25) is 0 Å². The van der Waals surface area contributed by atoms with E-state index >= 15 is 0 Å². The van der Waals surface area contributed by atoms with Gasteiger partial charge in [0, 0.05) is 32.7 Å². The average Bonchev–Trinajstić information content (AvgIpc) is 2.77. The Kier molecular flexibility index (Phi) is 7.05. The van der Waals surface area contributed by atoms with Crippen LogP contribution in [0.4, 0.5) is 5.69 Å². The molecule has 1 fully saturated rings. The lowest BCUT2D eigenvalue weighted by Gasteiger charge is -2.38. The van der Waals surface area contributed by atoms with Gasteiger partial charge in [0.05, 0.1) is 26.5 Å². The molecule has 1 aliphatic heterocycles. The van der Waals surface area contributed by atoms with Crippen LogP contribution in [-0.2, 0) is 6.54 Å². The van der Waals surface area contributed by atoms with Crippen molar-refractivity contribution in [3.8, 4) is 17.2 Å². The summed E-state index contributed by atoms with van der Waals surface area (Å²) in [5, 5.41) is 13.4. The zero-order valence-electron chi connectivity index (χ0n) is 17.4. The third kappa shape index (κ3) is 5.04. The van der Waals surface area contributed by atoms with Crippen LogP contribution in [0, 0.1) is 0 Å². The van der Waals surface area contributed by atoms with E-state index < -0.39 is 0 Å². The Morgan fingerprint density at radius 2 is 1.76 bits per heavy atom. The molecule has 29 heavy (non-hydrogen) atoms. The van der Waals surface area contributed by atoms with Gasteiger partial charge in [-0.25, -0.2) is 4.99 Å². The highest BCUT2D eigenvalue weighted by molar-refractivity contribution is 5.80. The number of hydrogen-bond acceptors (Lipinski definition) is 5. The zero-order valence-corrected chi connectivity index (χ0v) is 17.4. The van der Waals surface area contributed by atoms with Crippen LogP contribution in [0.25, 0.3) is 0 Å². The Balaban J connectivity index is 1.66. The number of hydrogen-bond donors (Lipinski definition) is 2. The summed E-state index contributed by atoms with van der Waals surface area (Å²) < 4.78 is 10.6. The standard InChI is InChI=1S/C22H30N4O3/c1-4-23-22(24-16-17-9-10-21(29-3)19(27)15-17)26-13-11-25(12-14-26)18-7-5-6-8-20(18)28-2/h5-10,15,27H,4,11-14,16H2,1-3H3,(H,23,24). The number of para-hydroxylation sites is 2. The van der Waals surface area contributed by atoms with E-state index in [1.54, 1.807) is 26.4 Å². The molecule has 156 valence electrons. The zero-order chi connectivity index (χ0) is 20.6. The van der Waals surface area contributed by atoms with Crippen molar-refractivity contribution in [3.05, 3.63) is 48.0 Å². The van der Waals surface area contributed by atoms with Crippen LogP contribution in [0.3, 0.4) is 0 Å². The van der Waals surface area contributed by atoms with Gasteiger partial charge in [-0.3, -0.25) is 0 Å². The second kappa shape index (κ2) is 9.91. The molecule has 0 amide bonds. The molecule has 0 radical (unpaired) electrons. The number of piperazine rings is 1. The molecule has 3 rings (SSSR count). The van der Waals surface area contributed by atoms with Crippen LogP contribution in [-0.4, -0.2) is 62.9 Å². The number of rotatable bonds is 6. The maximum Gasteiger partial charge on any atom is 0.194 e. The number of anilines is 1. The molecule has 7 heteroatoms. The van der Waals surface area contributed by atoms with Gasteiger partial charge in [0.1, 0.15) is 5.75 Å². The number of aliphatic imine (C=N–C) groups is 1. The van der Waals surface area contributed by atoms with Crippen molar-refractivity contribution < 1.29 is 14.6 Å². The van der Waals surface area contributed by atoms with E-state index in [4.69, 9.17) is 14.5 Å². The van der Waals surface area contributed by atoms with Crippen LogP contribution >= 0.6 is 0 Å². The maximum atomic E-state index is 9.97. The van der Waals surface area contributed by atoms with Gasteiger partial charge in [-0.15, -0.1) is 0 Å². The minimum Gasteiger partial charge on any atom is -0.504 e. The van der Waals surface area contributed by atoms with E-state index in [2.05, 4.69) is 28.1 Å². The lowest BCUT2D eigenvalue weighted by molar-refractivity contribution is 0.367. The van der Waals surface area contributed by atoms with E-state index in [9.17, 15) is 5.11 Å². The van der Waals surface area contributed by atoms with Gasteiger partial charge in [-0.1, -0.05) is 18.2 Å². The predicted octanol–water partition coefficient (Wildman–Crippen LogP) is 2.70. The molecule has 1 saturated heterocycles. The van der Waals surface area contributed by atoms with Crippen LogP contribution in [0.15, 0.2) is 47.5 Å². The van der Waals surface area contributed by atoms with Crippen molar-refractivity contribution in [2.24, 2.45) is 4.99 Å². The van der Waals surface area contributed by atoms with Gasteiger partial charge in [0.15, 0.2) is 17.5 Å². The lowest BCUT2D eigenvalue weighted by Crippen LogP contribution is -2.52. The first kappa shape index (κ1) is 20.6. The van der Waals surface area contributed by atoms with Crippen molar-refractivity contribution >= 4 is 11.6 Å². The molecule has 0 aromatic heterocycles. The fourth-order valence-electron chi connectivity index (χ4n) is 3.48. The van der Waals surface area contributed by atoms with E-state index in [0.717, 1.165) is 55.7 Å². The first-order valence-corrected chi connectivity index (χ1v) is 9.93. The maximum absolute atomic E-state index is 9.97. The first-order valence-electron chi connectivity index (χ1n) is 9.93. The summed E-state index contributed by atoms with van der Waals surface area (Å²) in [4.78, 5) is 9.40. The Morgan fingerprint density at radius 1 is 1.03 bits per heavy atom. The molecular formula is C22H30N4O3. The Hall–Kier alpha value is -3.09. The minimum atomic E-state index is 0.135. The number of aromatic hydroxyl groups is 1. The summed E-state index contributed by atoms with van der Waals surface area (Å²) in [7, 11) is 3.25. The molecule has 0 spiro atoms. The van der Waals surface area contributed by atoms with Crippen molar-refractivity contribution in [3.63, 3.8) is 0 Å². The Bertz CT molecular complexity index is 833. The second-order valence-electron chi connectivity index (χ2n) is 6.82. The topological polar surface area (TPSA) is 69.6 Å². The summed E-state index contributed by atoms with van der Waals surface area (Å²) in [6.45, 7) is 6.91. The normalized spacial score (nSPS) is 14.7. The van der Waals surface area contributed by atoms with Crippen molar-refractivity contribution in [2.75, 3.05) is 51.8 Å². The predicted molar refractivity (Wildman–Crippen MR) is 116 cm³/mol. The van der Waals surface area contributed by atoms with E-state index in [-0.39, 0.29) is 5.75 Å². The van der Waals surface area contributed by atoms with Crippen LogP contribution < -0.4 is 19.7 Å². The molecule has 0 unspecified atom stereocenters. The SMILES string of the molecule is CCNC(=NCc1ccc(OC)c(O)c1)N1CCN(c2ccccc2OC)CC1. The van der Waals surface area contributed by atoms with Crippen LogP contribution in [0.2, 0.25) is 0 Å². The summed E-state index contributed by atoms with van der Waals surface area (Å²) in [5.74, 6) is 2.40. The van der Waals surface area contributed by atoms with Crippen molar-refractivity contribution in [1.82, 2.24) is 10.2 Å². The quantitative estimate of drug-likeness (QED) is 0.576. The minimum absolute atomic E-state index is 0.135. The summed E-state index contributed by atoms with van der Waals surface area (Å²) >= 11 is 0. The monoisotopic (exact) mass is 398 g/mol. The Morgan fingerprint density at radius 3 is 2.41 bits per heavy atom. The molecule has 1 heterocycles. The summed E-state index contributed by atoms with van der Waals surface area (Å²) in [6, 6.07) is 13.5. The number of nitrogens with zero attached hydrogens (tertiary/aromatic N) is 3. The number of ether oxygens (including phenoxy) is 2. The third-order valence-corrected chi connectivity index (χ3v) is 4.99. The number of methoxy groups -OCH3 is 2. The molecule has 2 aromatic rings. The van der Waals surface area contributed by atoms with Gasteiger partial charge >= 0.3 is 0 Å². The van der Waals surface area contributed by atoms with Crippen molar-refractivity contribution in [2.45, 2.75) is 13.5 Å². The number of benzene rings is 2. The van der Waals surface area contributed by atoms with E-state index in [0.29, 0.717) is 12.3 Å². The molecule has 2 N–H and O–H groups in total. The van der Waals surface area contributed by atoms with Gasteiger partial charge in [-0.05, 0) is 36.8 Å². The fourth-order valence-corrected chi connectivity index (χ4v) is 3.48. The van der Waals surface area contributed by atoms with Gasteiger partial charge < -0.3 is 29.7 Å². The molecule has 0 aliphatic carbocycles. The second-order valence-corrected chi connectivity index (χ2v) is 6.82. The molecule has 1 aliphatic rings. The van der Waals surface area contributed by atoms with Gasteiger partial charge in [-0.2, -0.15) is 0 Å². The Labute approximate surface area is 172 Å². The highest BCUT2D eigenvalue weighted by Crippen LogP contribution is 2.28. The van der Waals surface area contributed by atoms with Crippen molar-refractivity contribution in [1.29, 1.82) is 0 Å². The number of nitrogens with one attached hydrogen (secondary N) is 1. The number of phenolic OH excluding ortho intramolecular Hbond substituents is 1. The average molecular weight is 399 g/mol. The third-order valence-electron chi connectivity index (χ3n) is 4.99. The van der Waals surface area contributed by atoms with Crippen LogP contribution in [0.5, 0.6) is 17.2 Å². The van der Waals surface area contributed by atoms with Crippen LogP contribution in [0.1, 0.15) is 12.5 Å².